The number of carbonyl (C=O) groups is 1. The molecule has 0 bridgehead atoms. The average Bonchev–Trinajstić information content (AvgIpc) is 2.80. The molecular weight excluding hydrogens is 250 g/mol. The molecule has 98 valence electrons. The fourth-order valence-corrected chi connectivity index (χ4v) is 2.42. The second-order valence-electron chi connectivity index (χ2n) is 4.64. The molecule has 1 saturated heterocycles. The molecule has 1 aliphatic heterocycles. The van der Waals surface area contributed by atoms with Crippen LogP contribution in [0, 0.1) is 12.8 Å². The van der Waals surface area contributed by atoms with Crippen molar-refractivity contribution in [2.24, 2.45) is 5.92 Å². The lowest BCUT2D eigenvalue weighted by Crippen LogP contribution is -2.39. The van der Waals surface area contributed by atoms with Gasteiger partial charge in [0.25, 0.3) is 0 Å². The highest BCUT2D eigenvalue weighted by Crippen LogP contribution is 2.23. The number of ether oxygens (including phenoxy) is 1. The Morgan fingerprint density at radius 3 is 2.94 bits per heavy atom. The summed E-state index contributed by atoms with van der Waals surface area (Å²) in [5.74, 6) is 0.00377. The fourth-order valence-electron chi connectivity index (χ4n) is 2.24. The lowest BCUT2D eigenvalue weighted by molar-refractivity contribution is 0.0891. The number of nitrogens with one attached hydrogen (secondary N) is 1. The summed E-state index contributed by atoms with van der Waals surface area (Å²) in [7, 11) is 0. The molecule has 0 spiro atoms. The van der Waals surface area contributed by atoms with Gasteiger partial charge in [-0.2, -0.15) is 0 Å². The molecule has 3 nitrogen and oxygen atoms in total. The van der Waals surface area contributed by atoms with Crippen LogP contribution in [0.15, 0.2) is 18.2 Å². The van der Waals surface area contributed by atoms with E-state index in [1.165, 1.54) is 0 Å². The molecule has 1 aromatic carbocycles. The molecule has 0 aromatic heterocycles. The van der Waals surface area contributed by atoms with Crippen molar-refractivity contribution in [3.8, 4) is 0 Å². The molecular formula is C14H18ClNO2. The highest BCUT2D eigenvalue weighted by molar-refractivity contribution is 6.31. The van der Waals surface area contributed by atoms with Crippen molar-refractivity contribution in [1.82, 2.24) is 5.32 Å². The summed E-state index contributed by atoms with van der Waals surface area (Å²) < 4.78 is 5.40. The van der Waals surface area contributed by atoms with Gasteiger partial charge < -0.3 is 10.1 Å². The van der Waals surface area contributed by atoms with E-state index in [4.69, 9.17) is 16.3 Å². The van der Waals surface area contributed by atoms with E-state index in [2.05, 4.69) is 5.32 Å². The molecule has 2 unspecified atom stereocenters. The van der Waals surface area contributed by atoms with E-state index in [9.17, 15) is 4.79 Å². The Hall–Kier alpha value is -0.900. The van der Waals surface area contributed by atoms with Crippen molar-refractivity contribution >= 4 is 17.4 Å². The number of carbonyl (C=O) groups excluding carboxylic acids is 1. The number of aryl methyl sites for hydroxylation is 1. The first kappa shape index (κ1) is 13.5. The van der Waals surface area contributed by atoms with Gasteiger partial charge in [0.2, 0.25) is 0 Å². The molecule has 1 fully saturated rings. The zero-order chi connectivity index (χ0) is 13.1. The van der Waals surface area contributed by atoms with Crippen LogP contribution in [0.1, 0.15) is 22.8 Å². The van der Waals surface area contributed by atoms with Crippen LogP contribution in [0.5, 0.6) is 0 Å². The number of hydrogen-bond acceptors (Lipinski definition) is 3. The maximum Gasteiger partial charge on any atom is 0.169 e. The zero-order valence-electron chi connectivity index (χ0n) is 10.7. The van der Waals surface area contributed by atoms with Gasteiger partial charge in [0.1, 0.15) is 0 Å². The summed E-state index contributed by atoms with van der Waals surface area (Å²) in [6, 6.07) is 5.58. The molecule has 1 aromatic rings. The standard InChI is InChI=1S/C14H18ClNO2/c1-3-16-13-8-18-7-11(13)14(17)10-5-4-9(2)12(15)6-10/h4-6,11,13,16H,3,7-8H2,1-2H3. The van der Waals surface area contributed by atoms with Crippen LogP contribution in [0.3, 0.4) is 0 Å². The summed E-state index contributed by atoms with van der Waals surface area (Å²) >= 11 is 6.06. The van der Waals surface area contributed by atoms with Crippen LogP contribution in [0.2, 0.25) is 5.02 Å². The number of halogens is 1. The maximum atomic E-state index is 12.4. The van der Waals surface area contributed by atoms with Crippen molar-refractivity contribution in [2.75, 3.05) is 19.8 Å². The second kappa shape index (κ2) is 5.83. The highest BCUT2D eigenvalue weighted by Gasteiger charge is 2.33. The molecule has 2 atom stereocenters. The van der Waals surface area contributed by atoms with Crippen molar-refractivity contribution in [2.45, 2.75) is 19.9 Å². The molecule has 0 amide bonds. The predicted octanol–water partition coefficient (Wildman–Crippen LogP) is 2.46. The molecule has 1 N–H and O–H groups in total. The van der Waals surface area contributed by atoms with Crippen molar-refractivity contribution in [1.29, 1.82) is 0 Å². The quantitative estimate of drug-likeness (QED) is 0.852. The number of Topliss-reactive ketones (excluding diaryl/α,β-unsaturated/α-hetero) is 1. The Balaban J connectivity index is 2.17. The molecule has 18 heavy (non-hydrogen) atoms. The lowest BCUT2D eigenvalue weighted by atomic mass is 9.93. The third kappa shape index (κ3) is 2.74. The normalized spacial score (nSPS) is 23.3. The van der Waals surface area contributed by atoms with E-state index in [0.717, 1.165) is 12.1 Å². The minimum Gasteiger partial charge on any atom is -0.379 e. The van der Waals surface area contributed by atoms with Gasteiger partial charge in [-0.05, 0) is 25.1 Å². The molecule has 0 aliphatic carbocycles. The summed E-state index contributed by atoms with van der Waals surface area (Å²) in [5, 5.41) is 3.93. The monoisotopic (exact) mass is 267 g/mol. The Morgan fingerprint density at radius 2 is 2.28 bits per heavy atom. The Kier molecular flexibility index (Phi) is 4.38. The van der Waals surface area contributed by atoms with Gasteiger partial charge in [-0.15, -0.1) is 0 Å². The molecule has 1 heterocycles. The third-order valence-electron chi connectivity index (χ3n) is 3.34. The second-order valence-corrected chi connectivity index (χ2v) is 5.04. The molecule has 0 saturated carbocycles. The van der Waals surface area contributed by atoms with Crippen LogP contribution in [-0.4, -0.2) is 31.6 Å². The third-order valence-corrected chi connectivity index (χ3v) is 3.75. The number of benzene rings is 1. The van der Waals surface area contributed by atoms with E-state index in [1.54, 1.807) is 6.07 Å². The number of ketones is 1. The summed E-state index contributed by atoms with van der Waals surface area (Å²) in [6.07, 6.45) is 0. The van der Waals surface area contributed by atoms with E-state index in [1.807, 2.05) is 26.0 Å². The smallest absolute Gasteiger partial charge is 0.169 e. The van der Waals surface area contributed by atoms with Crippen LogP contribution in [-0.2, 0) is 4.74 Å². The lowest BCUT2D eigenvalue weighted by Gasteiger charge is -2.17. The summed E-state index contributed by atoms with van der Waals surface area (Å²) in [6.45, 7) is 5.89. The number of likely N-dealkylation sites (N-methyl/N-ethyl adjacent to an activating group) is 1. The Labute approximate surface area is 112 Å². The largest absolute Gasteiger partial charge is 0.379 e. The predicted molar refractivity (Wildman–Crippen MR) is 72.3 cm³/mol. The highest BCUT2D eigenvalue weighted by atomic mass is 35.5. The molecule has 0 radical (unpaired) electrons. The number of hydrogen-bond donors (Lipinski definition) is 1. The Morgan fingerprint density at radius 1 is 1.50 bits per heavy atom. The molecule has 4 heteroatoms. The zero-order valence-corrected chi connectivity index (χ0v) is 11.5. The first-order valence-electron chi connectivity index (χ1n) is 6.25. The van der Waals surface area contributed by atoms with Crippen molar-refractivity contribution < 1.29 is 9.53 Å². The van der Waals surface area contributed by atoms with Crippen molar-refractivity contribution in [3.05, 3.63) is 34.3 Å². The molecule has 2 rings (SSSR count). The van der Waals surface area contributed by atoms with Crippen LogP contribution in [0.4, 0.5) is 0 Å². The van der Waals surface area contributed by atoms with Gasteiger partial charge in [-0.25, -0.2) is 0 Å². The minimum atomic E-state index is -0.108. The fraction of sp³-hybridized carbons (Fsp3) is 0.500. The van der Waals surface area contributed by atoms with Gasteiger partial charge >= 0.3 is 0 Å². The van der Waals surface area contributed by atoms with Crippen LogP contribution in [0.25, 0.3) is 0 Å². The minimum absolute atomic E-state index is 0.108. The maximum absolute atomic E-state index is 12.4. The van der Waals surface area contributed by atoms with Crippen molar-refractivity contribution in [3.63, 3.8) is 0 Å². The summed E-state index contributed by atoms with van der Waals surface area (Å²) in [5.41, 5.74) is 1.66. The summed E-state index contributed by atoms with van der Waals surface area (Å²) in [4.78, 5) is 12.4. The first-order valence-corrected chi connectivity index (χ1v) is 6.62. The Bertz CT molecular complexity index is 447. The van der Waals surface area contributed by atoms with E-state index in [-0.39, 0.29) is 17.7 Å². The van der Waals surface area contributed by atoms with Gasteiger partial charge in [-0.3, -0.25) is 4.79 Å². The van der Waals surface area contributed by atoms with Crippen LogP contribution >= 0.6 is 11.6 Å². The SMILES string of the molecule is CCNC1COCC1C(=O)c1ccc(C)c(Cl)c1. The number of rotatable bonds is 4. The van der Waals surface area contributed by atoms with E-state index < -0.39 is 0 Å². The van der Waals surface area contributed by atoms with E-state index >= 15 is 0 Å². The van der Waals surface area contributed by atoms with E-state index in [0.29, 0.717) is 23.8 Å². The van der Waals surface area contributed by atoms with Gasteiger partial charge in [-0.1, -0.05) is 30.7 Å². The van der Waals surface area contributed by atoms with Gasteiger partial charge in [0.15, 0.2) is 5.78 Å². The van der Waals surface area contributed by atoms with Gasteiger partial charge in [0, 0.05) is 16.6 Å². The van der Waals surface area contributed by atoms with Crippen LogP contribution < -0.4 is 5.32 Å². The average molecular weight is 268 g/mol. The molecule has 1 aliphatic rings. The topological polar surface area (TPSA) is 38.3 Å². The van der Waals surface area contributed by atoms with Gasteiger partial charge in [0.05, 0.1) is 19.1 Å². The first-order chi connectivity index (χ1) is 8.63.